The Balaban J connectivity index is 1.28. The van der Waals surface area contributed by atoms with Crippen molar-refractivity contribution in [3.05, 3.63) is 77.4 Å². The Kier molecular flexibility index (Phi) is 6.55. The standard InChI is InChI=1S/C27H30N4OS/c1-30(22-13-6-3-7-14-22)17-21-12-8-9-15-24(21)28-26(32)16-23-19-33-27-29-25(18-31(23)27)20-10-4-2-5-11-20/h2,4-5,8-12,15,18-19,22H,3,6-7,13-14,16-17H2,1H3,(H,28,32). The molecule has 1 N–H and O–H groups in total. The summed E-state index contributed by atoms with van der Waals surface area (Å²) in [6.07, 6.45) is 8.89. The van der Waals surface area contributed by atoms with Crippen molar-refractivity contribution >= 4 is 27.9 Å². The fourth-order valence-corrected chi connectivity index (χ4v) is 5.64. The van der Waals surface area contributed by atoms with Crippen LogP contribution in [0.25, 0.3) is 16.2 Å². The second kappa shape index (κ2) is 9.89. The molecule has 1 fully saturated rings. The molecule has 4 aromatic rings. The van der Waals surface area contributed by atoms with Gasteiger partial charge in [0.05, 0.1) is 12.1 Å². The molecule has 1 amide bonds. The molecule has 33 heavy (non-hydrogen) atoms. The first-order chi connectivity index (χ1) is 16.2. The second-order valence-electron chi connectivity index (χ2n) is 8.96. The molecule has 6 heteroatoms. The van der Waals surface area contributed by atoms with Gasteiger partial charge >= 0.3 is 0 Å². The monoisotopic (exact) mass is 458 g/mol. The summed E-state index contributed by atoms with van der Waals surface area (Å²) < 4.78 is 2.04. The second-order valence-corrected chi connectivity index (χ2v) is 9.80. The Bertz CT molecular complexity index is 1220. The molecule has 0 aliphatic heterocycles. The molecule has 1 aliphatic carbocycles. The number of rotatable bonds is 7. The van der Waals surface area contributed by atoms with Crippen molar-refractivity contribution < 1.29 is 4.79 Å². The van der Waals surface area contributed by atoms with E-state index in [2.05, 4.69) is 41.5 Å². The van der Waals surface area contributed by atoms with Gasteiger partial charge in [-0.3, -0.25) is 14.1 Å². The number of hydrogen-bond acceptors (Lipinski definition) is 4. The lowest BCUT2D eigenvalue weighted by molar-refractivity contribution is -0.115. The first-order valence-corrected chi connectivity index (χ1v) is 12.6. The maximum absolute atomic E-state index is 13.0. The predicted molar refractivity (Wildman–Crippen MR) is 136 cm³/mol. The summed E-state index contributed by atoms with van der Waals surface area (Å²) >= 11 is 1.57. The molecular formula is C27H30N4OS. The summed E-state index contributed by atoms with van der Waals surface area (Å²) in [6.45, 7) is 0.853. The fourth-order valence-electron chi connectivity index (χ4n) is 4.76. The van der Waals surface area contributed by atoms with E-state index in [0.717, 1.165) is 34.1 Å². The van der Waals surface area contributed by atoms with E-state index in [4.69, 9.17) is 4.98 Å². The van der Waals surface area contributed by atoms with Gasteiger partial charge in [0.2, 0.25) is 5.91 Å². The van der Waals surface area contributed by atoms with Gasteiger partial charge in [0.15, 0.2) is 4.96 Å². The van der Waals surface area contributed by atoms with Gasteiger partial charge in [-0.1, -0.05) is 67.8 Å². The van der Waals surface area contributed by atoms with Crippen molar-refractivity contribution in [2.75, 3.05) is 12.4 Å². The van der Waals surface area contributed by atoms with Crippen molar-refractivity contribution in [3.8, 4) is 11.3 Å². The zero-order chi connectivity index (χ0) is 22.6. The van der Waals surface area contributed by atoms with Gasteiger partial charge < -0.3 is 5.32 Å². The van der Waals surface area contributed by atoms with Crippen LogP contribution in [-0.4, -0.2) is 33.3 Å². The van der Waals surface area contributed by atoms with E-state index in [1.807, 2.05) is 46.3 Å². The van der Waals surface area contributed by atoms with Gasteiger partial charge in [-0.25, -0.2) is 4.98 Å². The topological polar surface area (TPSA) is 49.6 Å². The van der Waals surface area contributed by atoms with Gasteiger partial charge in [-0.2, -0.15) is 0 Å². The molecule has 170 valence electrons. The molecule has 0 unspecified atom stereocenters. The summed E-state index contributed by atoms with van der Waals surface area (Å²) in [5, 5.41) is 5.19. The highest BCUT2D eigenvalue weighted by Crippen LogP contribution is 2.26. The first kappa shape index (κ1) is 21.9. The first-order valence-electron chi connectivity index (χ1n) is 11.8. The SMILES string of the molecule is CN(Cc1ccccc1NC(=O)Cc1csc2nc(-c3ccccc3)cn12)C1CCCCC1. The van der Waals surface area contributed by atoms with E-state index >= 15 is 0 Å². The number of nitrogens with zero attached hydrogens (tertiary/aromatic N) is 3. The van der Waals surface area contributed by atoms with Crippen LogP contribution >= 0.6 is 11.3 Å². The van der Waals surface area contributed by atoms with Crippen molar-refractivity contribution in [1.82, 2.24) is 14.3 Å². The Morgan fingerprint density at radius 1 is 1.09 bits per heavy atom. The quantitative estimate of drug-likeness (QED) is 0.369. The minimum absolute atomic E-state index is 0.00238. The molecule has 2 aromatic heterocycles. The maximum Gasteiger partial charge on any atom is 0.230 e. The van der Waals surface area contributed by atoms with E-state index in [1.54, 1.807) is 11.3 Å². The highest BCUT2D eigenvalue weighted by Gasteiger charge is 2.19. The number of carbonyl (C=O) groups is 1. The minimum atomic E-state index is -0.00238. The lowest BCUT2D eigenvalue weighted by Crippen LogP contribution is -2.33. The lowest BCUT2D eigenvalue weighted by Gasteiger charge is -2.31. The molecule has 1 aliphatic rings. The molecule has 1 saturated carbocycles. The fraction of sp³-hybridized carbons (Fsp3) is 0.333. The van der Waals surface area contributed by atoms with Crippen LogP contribution in [0.5, 0.6) is 0 Å². The minimum Gasteiger partial charge on any atom is -0.325 e. The summed E-state index contributed by atoms with van der Waals surface area (Å²) in [6, 6.07) is 19.0. The maximum atomic E-state index is 13.0. The number of aromatic nitrogens is 2. The third-order valence-electron chi connectivity index (χ3n) is 6.60. The molecule has 2 heterocycles. The van der Waals surface area contributed by atoms with Gasteiger partial charge in [0, 0.05) is 41.1 Å². The number of amides is 1. The zero-order valence-electron chi connectivity index (χ0n) is 19.0. The molecule has 0 atom stereocenters. The number of carbonyl (C=O) groups excluding carboxylic acids is 1. The van der Waals surface area contributed by atoms with Crippen LogP contribution in [0.3, 0.4) is 0 Å². The molecule has 0 spiro atoms. The molecular weight excluding hydrogens is 428 g/mol. The van der Waals surface area contributed by atoms with E-state index in [0.29, 0.717) is 12.5 Å². The number of imidazole rings is 1. The van der Waals surface area contributed by atoms with Gasteiger partial charge in [-0.05, 0) is 31.5 Å². The largest absolute Gasteiger partial charge is 0.325 e. The summed E-state index contributed by atoms with van der Waals surface area (Å²) in [5.41, 5.74) is 5.05. The van der Waals surface area contributed by atoms with Crippen molar-refractivity contribution in [2.24, 2.45) is 0 Å². The van der Waals surface area contributed by atoms with Crippen LogP contribution in [0.1, 0.15) is 43.4 Å². The van der Waals surface area contributed by atoms with Crippen molar-refractivity contribution in [1.29, 1.82) is 0 Å². The Morgan fingerprint density at radius 3 is 2.67 bits per heavy atom. The van der Waals surface area contributed by atoms with E-state index in [-0.39, 0.29) is 5.91 Å². The van der Waals surface area contributed by atoms with Crippen LogP contribution in [0, 0.1) is 0 Å². The summed E-state index contributed by atoms with van der Waals surface area (Å²) in [4.78, 5) is 21.1. The predicted octanol–water partition coefficient (Wildman–Crippen LogP) is 6.01. The van der Waals surface area contributed by atoms with Gasteiger partial charge in [0.25, 0.3) is 0 Å². The molecule has 5 rings (SSSR count). The van der Waals surface area contributed by atoms with Crippen LogP contribution in [0.2, 0.25) is 0 Å². The van der Waals surface area contributed by atoms with E-state index in [1.165, 1.54) is 37.7 Å². The van der Waals surface area contributed by atoms with Crippen LogP contribution in [0.15, 0.2) is 66.2 Å². The highest BCUT2D eigenvalue weighted by molar-refractivity contribution is 7.15. The highest BCUT2D eigenvalue weighted by atomic mass is 32.1. The van der Waals surface area contributed by atoms with E-state index in [9.17, 15) is 4.79 Å². The van der Waals surface area contributed by atoms with Gasteiger partial charge in [0.1, 0.15) is 0 Å². The van der Waals surface area contributed by atoms with Gasteiger partial charge in [-0.15, -0.1) is 11.3 Å². The number of nitrogens with one attached hydrogen (secondary N) is 1. The van der Waals surface area contributed by atoms with Crippen molar-refractivity contribution in [2.45, 2.75) is 51.1 Å². The summed E-state index contributed by atoms with van der Waals surface area (Å²) in [7, 11) is 2.21. The van der Waals surface area contributed by atoms with E-state index < -0.39 is 0 Å². The average Bonchev–Trinajstić information content (AvgIpc) is 3.43. The number of hydrogen-bond donors (Lipinski definition) is 1. The Labute approximate surface area is 199 Å². The van der Waals surface area contributed by atoms with Crippen LogP contribution in [-0.2, 0) is 17.8 Å². The lowest BCUT2D eigenvalue weighted by atomic mass is 9.94. The zero-order valence-corrected chi connectivity index (χ0v) is 19.9. The summed E-state index contributed by atoms with van der Waals surface area (Å²) in [5.74, 6) is -0.00238. The molecule has 0 saturated heterocycles. The molecule has 5 nitrogen and oxygen atoms in total. The van der Waals surface area contributed by atoms with Crippen molar-refractivity contribution in [3.63, 3.8) is 0 Å². The number of anilines is 1. The third-order valence-corrected chi connectivity index (χ3v) is 7.49. The number of thiazole rings is 1. The Morgan fingerprint density at radius 2 is 1.85 bits per heavy atom. The number of fused-ring (bicyclic) bond motifs is 1. The molecule has 0 bridgehead atoms. The van der Waals surface area contributed by atoms with Crippen LogP contribution in [0.4, 0.5) is 5.69 Å². The van der Waals surface area contributed by atoms with Crippen LogP contribution < -0.4 is 5.32 Å². The third kappa shape index (κ3) is 5.02. The normalized spacial score (nSPS) is 14.7. The molecule has 0 radical (unpaired) electrons. The smallest absolute Gasteiger partial charge is 0.230 e. The average molecular weight is 459 g/mol. The number of para-hydroxylation sites is 1. The molecule has 2 aromatic carbocycles. The Hall–Kier alpha value is -2.96. The number of benzene rings is 2.